The van der Waals surface area contributed by atoms with E-state index in [4.69, 9.17) is 4.52 Å². The first-order valence-corrected chi connectivity index (χ1v) is 9.67. The quantitative estimate of drug-likeness (QED) is 0.853. The molecule has 0 aromatic carbocycles. The lowest BCUT2D eigenvalue weighted by molar-refractivity contribution is 0.145. The summed E-state index contributed by atoms with van der Waals surface area (Å²) in [6.45, 7) is 5.99. The molecule has 1 saturated carbocycles. The molecule has 5 rings (SSSR count). The van der Waals surface area contributed by atoms with E-state index in [9.17, 15) is 0 Å². The van der Waals surface area contributed by atoms with Crippen LogP contribution in [0.2, 0.25) is 0 Å². The third-order valence-electron chi connectivity index (χ3n) is 6.42. The van der Waals surface area contributed by atoms with Crippen LogP contribution >= 0.6 is 0 Å². The molecule has 0 amide bonds. The Hall–Kier alpha value is -1.76. The minimum absolute atomic E-state index is 0.470. The SMILES string of the molecule is Cc1noc(CN2CCC3(CC2)C[C@H]3c2nnc3n2CCCCC3)n1. The minimum atomic E-state index is 0.470. The maximum atomic E-state index is 5.26. The van der Waals surface area contributed by atoms with E-state index < -0.39 is 0 Å². The van der Waals surface area contributed by atoms with Gasteiger partial charge in [-0.3, -0.25) is 4.90 Å². The Bertz CT molecular complexity index is 757. The van der Waals surface area contributed by atoms with Gasteiger partial charge in [0, 0.05) is 18.9 Å². The number of aryl methyl sites for hydroxylation is 2. The van der Waals surface area contributed by atoms with Crippen molar-refractivity contribution < 1.29 is 4.52 Å². The summed E-state index contributed by atoms with van der Waals surface area (Å²) in [4.78, 5) is 6.77. The number of fused-ring (bicyclic) bond motifs is 1. The van der Waals surface area contributed by atoms with E-state index in [1.54, 1.807) is 0 Å². The van der Waals surface area contributed by atoms with Crippen molar-refractivity contribution in [1.29, 1.82) is 0 Å². The van der Waals surface area contributed by atoms with Crippen LogP contribution in [0.25, 0.3) is 0 Å². The van der Waals surface area contributed by atoms with Gasteiger partial charge in [-0.1, -0.05) is 11.6 Å². The highest BCUT2D eigenvalue weighted by molar-refractivity contribution is 5.21. The van der Waals surface area contributed by atoms with Crippen molar-refractivity contribution in [2.24, 2.45) is 5.41 Å². The standard InChI is InChI=1S/C18H26N6O/c1-13-19-16(25-22-13)12-23-9-6-18(7-10-23)11-14(18)17-21-20-15-5-3-2-4-8-24(15)17/h14H,2-12H2,1H3/t14-/m0/s1. The summed E-state index contributed by atoms with van der Waals surface area (Å²) in [5.74, 6) is 4.58. The Morgan fingerprint density at radius 1 is 1.12 bits per heavy atom. The minimum Gasteiger partial charge on any atom is -0.338 e. The van der Waals surface area contributed by atoms with Gasteiger partial charge in [-0.15, -0.1) is 10.2 Å². The molecule has 3 aliphatic rings. The molecule has 0 bridgehead atoms. The topological polar surface area (TPSA) is 72.9 Å². The molecule has 1 atom stereocenters. The van der Waals surface area contributed by atoms with E-state index in [1.807, 2.05) is 6.92 Å². The number of hydrogen-bond acceptors (Lipinski definition) is 6. The number of piperidine rings is 1. The zero-order valence-corrected chi connectivity index (χ0v) is 14.9. The van der Waals surface area contributed by atoms with E-state index >= 15 is 0 Å². The molecule has 4 heterocycles. The number of nitrogens with zero attached hydrogens (tertiary/aromatic N) is 6. The smallest absolute Gasteiger partial charge is 0.240 e. The molecule has 0 radical (unpaired) electrons. The lowest BCUT2D eigenvalue weighted by atomic mass is 9.90. The number of hydrogen-bond donors (Lipinski definition) is 0. The van der Waals surface area contributed by atoms with Crippen LogP contribution in [0.5, 0.6) is 0 Å². The predicted molar refractivity (Wildman–Crippen MR) is 90.9 cm³/mol. The monoisotopic (exact) mass is 342 g/mol. The fourth-order valence-electron chi connectivity index (χ4n) is 4.78. The molecule has 1 spiro atoms. The molecule has 2 aromatic rings. The van der Waals surface area contributed by atoms with Gasteiger partial charge in [0.15, 0.2) is 5.82 Å². The lowest BCUT2D eigenvalue weighted by Gasteiger charge is -2.31. The number of aromatic nitrogens is 5. The normalized spacial score (nSPS) is 25.7. The molecule has 0 N–H and O–H groups in total. The molecule has 0 unspecified atom stereocenters. The van der Waals surface area contributed by atoms with Crippen molar-refractivity contribution >= 4 is 0 Å². The maximum absolute atomic E-state index is 5.26. The molecule has 25 heavy (non-hydrogen) atoms. The largest absolute Gasteiger partial charge is 0.338 e. The van der Waals surface area contributed by atoms with E-state index in [-0.39, 0.29) is 0 Å². The Morgan fingerprint density at radius 2 is 2.00 bits per heavy atom. The molecular formula is C18H26N6O. The first-order valence-electron chi connectivity index (χ1n) is 9.67. The van der Waals surface area contributed by atoms with E-state index in [2.05, 4.69) is 29.8 Å². The summed E-state index contributed by atoms with van der Waals surface area (Å²) in [6, 6.07) is 0. The van der Waals surface area contributed by atoms with Gasteiger partial charge in [0.05, 0.1) is 6.54 Å². The van der Waals surface area contributed by atoms with Crippen molar-refractivity contribution in [2.45, 2.75) is 70.9 Å². The Morgan fingerprint density at radius 3 is 2.80 bits per heavy atom. The van der Waals surface area contributed by atoms with Crippen molar-refractivity contribution in [3.63, 3.8) is 0 Å². The second-order valence-corrected chi connectivity index (χ2v) is 8.07. The van der Waals surface area contributed by atoms with Gasteiger partial charge in [-0.05, 0) is 57.5 Å². The highest BCUT2D eigenvalue weighted by Crippen LogP contribution is 2.64. The third kappa shape index (κ3) is 2.78. The summed E-state index contributed by atoms with van der Waals surface area (Å²) in [5, 5.41) is 13.0. The molecule has 7 heteroatoms. The number of likely N-dealkylation sites (tertiary alicyclic amines) is 1. The average Bonchev–Trinajstić information content (AvgIpc) is 3.05. The lowest BCUT2D eigenvalue weighted by Crippen LogP contribution is -2.34. The van der Waals surface area contributed by atoms with Crippen LogP contribution in [0, 0.1) is 12.3 Å². The average molecular weight is 342 g/mol. The summed E-state index contributed by atoms with van der Waals surface area (Å²) in [6.07, 6.45) is 8.73. The first-order chi connectivity index (χ1) is 12.2. The van der Waals surface area contributed by atoms with Crippen LogP contribution < -0.4 is 0 Å². The van der Waals surface area contributed by atoms with Gasteiger partial charge < -0.3 is 9.09 Å². The van der Waals surface area contributed by atoms with Crippen LogP contribution in [0.1, 0.15) is 67.8 Å². The molecular weight excluding hydrogens is 316 g/mol. The highest BCUT2D eigenvalue weighted by Gasteiger charge is 2.57. The summed E-state index contributed by atoms with van der Waals surface area (Å²) in [5.41, 5.74) is 0.470. The molecule has 1 aliphatic carbocycles. The van der Waals surface area contributed by atoms with Gasteiger partial charge in [-0.25, -0.2) is 0 Å². The van der Waals surface area contributed by atoms with Crippen LogP contribution in [0.15, 0.2) is 4.52 Å². The second-order valence-electron chi connectivity index (χ2n) is 8.07. The highest BCUT2D eigenvalue weighted by atomic mass is 16.5. The van der Waals surface area contributed by atoms with Gasteiger partial charge in [0.2, 0.25) is 5.89 Å². The van der Waals surface area contributed by atoms with E-state index in [1.165, 1.54) is 50.2 Å². The maximum Gasteiger partial charge on any atom is 0.240 e. The number of rotatable bonds is 3. The summed E-state index contributed by atoms with van der Waals surface area (Å²) >= 11 is 0. The summed E-state index contributed by atoms with van der Waals surface area (Å²) in [7, 11) is 0. The zero-order chi connectivity index (χ0) is 16.9. The van der Waals surface area contributed by atoms with Crippen LogP contribution in [0.4, 0.5) is 0 Å². The molecule has 2 aromatic heterocycles. The molecule has 2 fully saturated rings. The van der Waals surface area contributed by atoms with Crippen molar-refractivity contribution in [3.05, 3.63) is 23.4 Å². The van der Waals surface area contributed by atoms with Gasteiger partial charge in [0.25, 0.3) is 0 Å². The first kappa shape index (κ1) is 15.5. The fourth-order valence-corrected chi connectivity index (χ4v) is 4.78. The molecule has 7 nitrogen and oxygen atoms in total. The van der Waals surface area contributed by atoms with Gasteiger partial charge >= 0.3 is 0 Å². The van der Waals surface area contributed by atoms with Crippen LogP contribution in [0.3, 0.4) is 0 Å². The Kier molecular flexibility index (Phi) is 3.66. The Balaban J connectivity index is 1.24. The van der Waals surface area contributed by atoms with Gasteiger partial charge in [-0.2, -0.15) is 4.98 Å². The van der Waals surface area contributed by atoms with Crippen molar-refractivity contribution in [1.82, 2.24) is 29.8 Å². The van der Waals surface area contributed by atoms with E-state index in [0.29, 0.717) is 11.3 Å². The molecule has 2 aliphatic heterocycles. The predicted octanol–water partition coefficient (Wildman–Crippen LogP) is 2.47. The summed E-state index contributed by atoms with van der Waals surface area (Å²) < 4.78 is 7.71. The molecule has 1 saturated heterocycles. The fraction of sp³-hybridized carbons (Fsp3) is 0.778. The van der Waals surface area contributed by atoms with Crippen molar-refractivity contribution in [3.8, 4) is 0 Å². The van der Waals surface area contributed by atoms with Crippen molar-refractivity contribution in [2.75, 3.05) is 13.1 Å². The molecule has 134 valence electrons. The van der Waals surface area contributed by atoms with Crippen LogP contribution in [-0.2, 0) is 19.5 Å². The third-order valence-corrected chi connectivity index (χ3v) is 6.42. The second kappa shape index (κ2) is 5.90. The van der Waals surface area contributed by atoms with Gasteiger partial charge in [0.1, 0.15) is 11.6 Å². The Labute approximate surface area is 147 Å². The van der Waals surface area contributed by atoms with Crippen LogP contribution in [-0.4, -0.2) is 42.9 Å². The van der Waals surface area contributed by atoms with E-state index in [0.717, 1.165) is 44.3 Å². The zero-order valence-electron chi connectivity index (χ0n) is 14.9.